The van der Waals surface area contributed by atoms with E-state index in [1.54, 1.807) is 6.20 Å². The highest BCUT2D eigenvalue weighted by Crippen LogP contribution is 2.46. The minimum absolute atomic E-state index is 0.0800. The molecule has 5 heterocycles. The highest BCUT2D eigenvalue weighted by atomic mass is 16.5. The Hall–Kier alpha value is -7.96. The molecule has 0 radical (unpaired) electrons. The summed E-state index contributed by atoms with van der Waals surface area (Å²) in [5, 5.41) is 7.71. The number of fused-ring (bicyclic) bond motifs is 10. The van der Waals surface area contributed by atoms with Crippen LogP contribution < -0.4 is 9.64 Å². The van der Waals surface area contributed by atoms with Crippen LogP contribution in [0.15, 0.2) is 182 Å². The molecule has 0 saturated carbocycles. The predicted octanol–water partition coefficient (Wildman–Crippen LogP) is 17.6. The second-order valence-electron chi connectivity index (χ2n) is 20.9. The summed E-state index contributed by atoms with van der Waals surface area (Å²) in [5.41, 5.74) is 4.01. The second kappa shape index (κ2) is 16.3. The Morgan fingerprint density at radius 1 is 0.493 bits per heavy atom. The van der Waals surface area contributed by atoms with Crippen LogP contribution in [0, 0.1) is 0 Å². The summed E-state index contributed by atoms with van der Waals surface area (Å²) < 4.78 is 90.5. The maximum absolute atomic E-state index is 8.79. The Bertz CT molecular complexity index is 4350. The fourth-order valence-electron chi connectivity index (χ4n) is 10.6. The fourth-order valence-corrected chi connectivity index (χ4v) is 10.6. The van der Waals surface area contributed by atoms with Gasteiger partial charge in [-0.3, -0.25) is 9.55 Å². The van der Waals surface area contributed by atoms with Gasteiger partial charge in [-0.15, -0.1) is 0 Å². The largest absolute Gasteiger partial charge is 0.457 e. The van der Waals surface area contributed by atoms with Gasteiger partial charge in [0.05, 0.1) is 27.8 Å². The maximum atomic E-state index is 8.79. The Morgan fingerprint density at radius 2 is 1.14 bits per heavy atom. The first-order chi connectivity index (χ1) is 37.8. The Labute approximate surface area is 428 Å². The highest BCUT2D eigenvalue weighted by Gasteiger charge is 2.28. The zero-order valence-electron chi connectivity index (χ0n) is 49.7. The van der Waals surface area contributed by atoms with Crippen LogP contribution in [-0.4, -0.2) is 19.1 Å². The number of benzene rings is 7. The molecule has 0 amide bonds. The molecule has 0 saturated heterocycles. The van der Waals surface area contributed by atoms with Gasteiger partial charge in [-0.2, -0.15) is 0 Å². The van der Waals surface area contributed by atoms with Crippen molar-refractivity contribution < 1.29 is 17.1 Å². The average Bonchev–Trinajstić information content (AvgIpc) is 3.97. The summed E-state index contributed by atoms with van der Waals surface area (Å²) in [4.78, 5) is 11.8. The van der Waals surface area contributed by atoms with E-state index >= 15 is 0 Å². The standard InChI is InChI=1S/C65H59N5O/c1-63(2,3)42-29-32-67-60(36-42)70-57-25-13-12-21-52(57)53-28-27-47(38-59(53)70)71-46-18-14-17-45(37-46)68-40-69-61-48(41-33-43(64(4,5)6)35-44(34-41)65(7,8)9)22-15-23-54(61)49-19-10-11-20-50(49)56-39-66-31-30-51(56)55-24-16-26-58(68)62(55)69/h10-39H,40H2,1-9H3/i4D3,5D3,6D3. The first-order valence-corrected chi connectivity index (χ1v) is 24.1. The third-order valence-corrected chi connectivity index (χ3v) is 14.2. The van der Waals surface area contributed by atoms with Crippen molar-refractivity contribution in [3.8, 4) is 28.4 Å². The summed E-state index contributed by atoms with van der Waals surface area (Å²) in [6, 6.07) is 54.2. The van der Waals surface area contributed by atoms with E-state index < -0.39 is 31.4 Å². The molecule has 0 fully saturated rings. The van der Waals surface area contributed by atoms with E-state index in [2.05, 4.69) is 125 Å². The molecule has 0 aliphatic carbocycles. The Morgan fingerprint density at radius 3 is 1.92 bits per heavy atom. The second-order valence-corrected chi connectivity index (χ2v) is 20.9. The molecule has 0 bridgehead atoms. The first-order valence-electron chi connectivity index (χ1n) is 28.6. The number of rotatable bonds is 5. The van der Waals surface area contributed by atoms with E-state index in [4.69, 9.17) is 22.1 Å². The molecule has 11 aromatic rings. The fraction of sp³-hybridized carbons (Fsp3) is 0.200. The zero-order valence-corrected chi connectivity index (χ0v) is 40.7. The third-order valence-electron chi connectivity index (χ3n) is 14.2. The zero-order chi connectivity index (χ0) is 56.5. The van der Waals surface area contributed by atoms with Crippen molar-refractivity contribution >= 4 is 76.5 Å². The van der Waals surface area contributed by atoms with Crippen molar-refractivity contribution in [3.63, 3.8) is 0 Å². The molecule has 1 aliphatic heterocycles. The summed E-state index contributed by atoms with van der Waals surface area (Å²) in [7, 11) is 0. The van der Waals surface area contributed by atoms with Crippen LogP contribution in [0.1, 0.15) is 91.1 Å². The van der Waals surface area contributed by atoms with Crippen molar-refractivity contribution in [2.24, 2.45) is 0 Å². The Kier molecular flexibility index (Phi) is 8.08. The maximum Gasteiger partial charge on any atom is 0.137 e. The monoisotopic (exact) mass is 935 g/mol. The van der Waals surface area contributed by atoms with Gasteiger partial charge in [0.25, 0.3) is 0 Å². The third kappa shape index (κ3) is 7.56. The van der Waals surface area contributed by atoms with Gasteiger partial charge in [-0.05, 0) is 109 Å². The molecule has 4 aromatic heterocycles. The van der Waals surface area contributed by atoms with Crippen LogP contribution in [0.25, 0.3) is 82.1 Å². The molecule has 0 atom stereocenters. The molecule has 0 N–H and O–H groups in total. The van der Waals surface area contributed by atoms with Crippen LogP contribution in [0.2, 0.25) is 0 Å². The molecule has 0 unspecified atom stereocenters. The quantitative estimate of drug-likeness (QED) is 0.173. The van der Waals surface area contributed by atoms with Gasteiger partial charge in [0.15, 0.2) is 0 Å². The number of anilines is 2. The molecule has 6 nitrogen and oxygen atoms in total. The van der Waals surface area contributed by atoms with Crippen molar-refractivity contribution in [1.82, 2.24) is 19.1 Å². The van der Waals surface area contributed by atoms with Crippen molar-refractivity contribution in [1.29, 1.82) is 0 Å². The van der Waals surface area contributed by atoms with Gasteiger partial charge in [0.1, 0.15) is 24.0 Å². The lowest BCUT2D eigenvalue weighted by Crippen LogP contribution is -2.17. The van der Waals surface area contributed by atoms with E-state index in [9.17, 15) is 0 Å². The van der Waals surface area contributed by atoms with Crippen molar-refractivity contribution in [3.05, 3.63) is 199 Å². The minimum Gasteiger partial charge on any atom is -0.457 e. The van der Waals surface area contributed by atoms with Crippen LogP contribution in [0.5, 0.6) is 11.5 Å². The molecule has 6 heteroatoms. The van der Waals surface area contributed by atoms with Gasteiger partial charge in [-0.1, -0.05) is 159 Å². The van der Waals surface area contributed by atoms with Crippen LogP contribution in [0.4, 0.5) is 11.4 Å². The molecule has 1 aliphatic rings. The summed E-state index contributed by atoms with van der Waals surface area (Å²) in [5.74, 6) is 2.09. The van der Waals surface area contributed by atoms with E-state index in [-0.39, 0.29) is 11.0 Å². The molecular formula is C65H59N5O. The summed E-state index contributed by atoms with van der Waals surface area (Å²) in [6.45, 7) is 2.33. The highest BCUT2D eigenvalue weighted by molar-refractivity contribution is 6.22. The van der Waals surface area contributed by atoms with E-state index in [0.717, 1.165) is 82.3 Å². The van der Waals surface area contributed by atoms with E-state index in [1.165, 1.54) is 17.7 Å². The minimum atomic E-state index is -3.47. The average molecular weight is 935 g/mol. The van der Waals surface area contributed by atoms with Gasteiger partial charge in [-0.25, -0.2) is 4.98 Å². The van der Waals surface area contributed by atoms with Gasteiger partial charge >= 0.3 is 0 Å². The number of hydrogen-bond acceptors (Lipinski definition) is 4. The predicted molar refractivity (Wildman–Crippen MR) is 299 cm³/mol. The number of hydrogen-bond donors (Lipinski definition) is 0. The van der Waals surface area contributed by atoms with E-state index in [1.807, 2.05) is 99.9 Å². The number of ether oxygens (including phenoxy) is 1. The lowest BCUT2D eigenvalue weighted by atomic mass is 9.78. The van der Waals surface area contributed by atoms with Gasteiger partial charge in [0.2, 0.25) is 0 Å². The van der Waals surface area contributed by atoms with Crippen LogP contribution >= 0.6 is 0 Å². The van der Waals surface area contributed by atoms with Crippen molar-refractivity contribution in [2.45, 2.75) is 85.0 Å². The van der Waals surface area contributed by atoms with Gasteiger partial charge in [0, 0.05) is 81.2 Å². The summed E-state index contributed by atoms with van der Waals surface area (Å²) >= 11 is 0. The SMILES string of the molecule is [2H]C([2H])([2H])C(c1cc(-c2cccc3c4ccccc4c4cnccc4c4cccc5c4n(c23)CN5c2cccc(Oc3ccc4c5ccccc5n(-c5cc(C(C)(C)C)ccn5)c4c3)c2)cc(C(C)(C)C)c1)(C([2H])([2H])[2H])C([2H])([2H])[2H]. The smallest absolute Gasteiger partial charge is 0.137 e. The lowest BCUT2D eigenvalue weighted by molar-refractivity contribution is 0.483. The van der Waals surface area contributed by atoms with Crippen molar-refractivity contribution in [2.75, 3.05) is 4.90 Å². The lowest BCUT2D eigenvalue weighted by Gasteiger charge is -2.27. The van der Waals surface area contributed by atoms with Gasteiger partial charge < -0.3 is 14.2 Å². The number of pyridine rings is 2. The number of nitrogens with zero attached hydrogens (tertiary/aromatic N) is 5. The molecule has 12 rings (SSSR count). The first kappa shape index (κ1) is 35.2. The summed E-state index contributed by atoms with van der Waals surface area (Å²) in [6.07, 6.45) is 5.58. The van der Waals surface area contributed by atoms with E-state index in [0.29, 0.717) is 34.9 Å². The topological polar surface area (TPSA) is 48.1 Å². The molecule has 7 aromatic carbocycles. The molecule has 0 spiro atoms. The molecular weight excluding hydrogens is 867 g/mol. The molecule has 350 valence electrons. The number of aromatic nitrogens is 4. The normalized spacial score (nSPS) is 15.5. The molecule has 71 heavy (non-hydrogen) atoms. The van der Waals surface area contributed by atoms with Crippen LogP contribution in [-0.2, 0) is 22.9 Å². The number of para-hydroxylation sites is 3. The van der Waals surface area contributed by atoms with Crippen LogP contribution in [0.3, 0.4) is 0 Å². The Balaban J connectivity index is 1.08.